The van der Waals surface area contributed by atoms with Crippen molar-refractivity contribution in [2.24, 2.45) is 0 Å². The third-order valence-electron chi connectivity index (χ3n) is 4.97. The number of nitrogens with zero attached hydrogens (tertiary/aromatic N) is 6. The van der Waals surface area contributed by atoms with Gasteiger partial charge in [0.15, 0.2) is 0 Å². The average molecular weight is 469 g/mol. The molecule has 0 aliphatic carbocycles. The Morgan fingerprint density at radius 1 is 0.545 bits per heavy atom. The number of aromatic nitrogens is 3. The summed E-state index contributed by atoms with van der Waals surface area (Å²) in [5.41, 5.74) is 0. The van der Waals surface area contributed by atoms with Crippen molar-refractivity contribution < 1.29 is 29.7 Å². The van der Waals surface area contributed by atoms with Crippen LogP contribution >= 0.6 is 0 Å². The number of carbonyl (C=O) groups is 3. The molecule has 0 saturated heterocycles. The second-order valence-corrected chi connectivity index (χ2v) is 7.66. The molecule has 1 rings (SSSR count). The van der Waals surface area contributed by atoms with Gasteiger partial charge in [-0.3, -0.25) is 0 Å². The van der Waals surface area contributed by atoms with Crippen LogP contribution in [0, 0.1) is 0 Å². The maximum absolute atomic E-state index is 11.9. The van der Waals surface area contributed by atoms with Gasteiger partial charge in [0.1, 0.15) is 0 Å². The van der Waals surface area contributed by atoms with Crippen molar-refractivity contribution in [3.8, 4) is 0 Å². The largest absolute Gasteiger partial charge is 0.465 e. The summed E-state index contributed by atoms with van der Waals surface area (Å²) >= 11 is 0. The Kier molecular flexibility index (Phi) is 12.5. The van der Waals surface area contributed by atoms with Crippen LogP contribution in [0.1, 0.15) is 78.6 Å². The van der Waals surface area contributed by atoms with Gasteiger partial charge in [-0.1, -0.05) is 59.3 Å². The minimum Gasteiger partial charge on any atom is -0.465 e. The van der Waals surface area contributed by atoms with Crippen molar-refractivity contribution in [2.45, 2.75) is 78.6 Å². The van der Waals surface area contributed by atoms with Crippen LogP contribution in [0.3, 0.4) is 0 Å². The van der Waals surface area contributed by atoms with Gasteiger partial charge in [0.05, 0.1) is 0 Å². The van der Waals surface area contributed by atoms with E-state index in [1.165, 1.54) is 0 Å². The molecule has 0 aliphatic heterocycles. The van der Waals surface area contributed by atoms with E-state index in [1.54, 1.807) is 0 Å². The summed E-state index contributed by atoms with van der Waals surface area (Å²) in [4.78, 5) is 50.8. The Morgan fingerprint density at radius 2 is 0.788 bits per heavy atom. The predicted octanol–water partition coefficient (Wildman–Crippen LogP) is 4.90. The second-order valence-electron chi connectivity index (χ2n) is 7.66. The summed E-state index contributed by atoms with van der Waals surface area (Å²) in [7, 11) is 0. The van der Waals surface area contributed by atoms with Crippen molar-refractivity contribution in [3.05, 3.63) is 0 Å². The van der Waals surface area contributed by atoms with Gasteiger partial charge in [0, 0.05) is 19.6 Å². The van der Waals surface area contributed by atoms with Crippen LogP contribution in [0.2, 0.25) is 0 Å². The Balaban J connectivity index is 3.50. The van der Waals surface area contributed by atoms with Gasteiger partial charge in [0.2, 0.25) is 17.8 Å². The van der Waals surface area contributed by atoms with Crippen LogP contribution in [-0.4, -0.2) is 68.2 Å². The van der Waals surface area contributed by atoms with Gasteiger partial charge in [-0.25, -0.2) is 29.1 Å². The molecule has 0 spiro atoms. The fraction of sp³-hybridized carbons (Fsp3) is 0.714. The van der Waals surface area contributed by atoms with Crippen LogP contribution in [0.4, 0.5) is 32.2 Å². The third-order valence-corrected chi connectivity index (χ3v) is 4.97. The fourth-order valence-corrected chi connectivity index (χ4v) is 3.11. The molecule has 0 atom stereocenters. The Labute approximate surface area is 194 Å². The van der Waals surface area contributed by atoms with Crippen LogP contribution in [0.5, 0.6) is 0 Å². The first-order chi connectivity index (χ1) is 15.8. The molecule has 186 valence electrons. The van der Waals surface area contributed by atoms with Gasteiger partial charge in [-0.2, -0.15) is 15.0 Å². The zero-order chi connectivity index (χ0) is 24.8. The summed E-state index contributed by atoms with van der Waals surface area (Å²) < 4.78 is 0. The standard InChI is InChI=1S/C21H36N6O6/c1-4-7-10-13-25(19(28)29)16-22-17(26(20(30)31)14-11-8-5-2)24-18(23-16)27(21(32)33)15-12-9-6-3/h4-15H2,1-3H3,(H,28,29)(H,30,31)(H,32,33). The molecule has 0 bridgehead atoms. The summed E-state index contributed by atoms with van der Waals surface area (Å²) in [6.07, 6.45) is 2.69. The quantitative estimate of drug-likeness (QED) is 0.304. The van der Waals surface area contributed by atoms with Gasteiger partial charge in [-0.15, -0.1) is 0 Å². The number of carboxylic acid groups (broad SMARTS) is 3. The highest BCUT2D eigenvalue weighted by molar-refractivity contribution is 5.88. The lowest BCUT2D eigenvalue weighted by Gasteiger charge is -2.24. The van der Waals surface area contributed by atoms with Crippen molar-refractivity contribution >= 4 is 36.1 Å². The van der Waals surface area contributed by atoms with Gasteiger partial charge >= 0.3 is 18.3 Å². The first-order valence-electron chi connectivity index (χ1n) is 11.5. The summed E-state index contributed by atoms with van der Waals surface area (Å²) in [5, 5.41) is 29.1. The van der Waals surface area contributed by atoms with E-state index in [1.807, 2.05) is 20.8 Å². The van der Waals surface area contributed by atoms with Crippen LogP contribution < -0.4 is 14.7 Å². The monoisotopic (exact) mass is 468 g/mol. The Hall–Kier alpha value is -3.18. The van der Waals surface area contributed by atoms with Crippen LogP contribution in [0.25, 0.3) is 0 Å². The highest BCUT2D eigenvalue weighted by Crippen LogP contribution is 2.22. The number of hydrogen-bond acceptors (Lipinski definition) is 6. The lowest BCUT2D eigenvalue weighted by Crippen LogP contribution is -2.38. The molecule has 3 N–H and O–H groups in total. The average Bonchev–Trinajstić information content (AvgIpc) is 2.76. The predicted molar refractivity (Wildman–Crippen MR) is 125 cm³/mol. The molecule has 0 saturated carbocycles. The van der Waals surface area contributed by atoms with Crippen molar-refractivity contribution in [1.82, 2.24) is 15.0 Å². The molecule has 0 aromatic carbocycles. The lowest BCUT2D eigenvalue weighted by atomic mass is 10.2. The minimum absolute atomic E-state index is 0.0951. The van der Waals surface area contributed by atoms with Crippen molar-refractivity contribution in [2.75, 3.05) is 34.3 Å². The molecule has 1 aromatic heterocycles. The molecule has 12 heteroatoms. The van der Waals surface area contributed by atoms with Crippen molar-refractivity contribution in [1.29, 1.82) is 0 Å². The molecule has 1 heterocycles. The topological polar surface area (TPSA) is 160 Å². The summed E-state index contributed by atoms with van der Waals surface area (Å²) in [6, 6.07) is 0. The first kappa shape index (κ1) is 27.9. The number of rotatable bonds is 15. The van der Waals surface area contributed by atoms with E-state index >= 15 is 0 Å². The highest BCUT2D eigenvalue weighted by atomic mass is 16.4. The zero-order valence-electron chi connectivity index (χ0n) is 19.7. The number of amides is 3. The highest BCUT2D eigenvalue weighted by Gasteiger charge is 2.27. The summed E-state index contributed by atoms with van der Waals surface area (Å²) in [6.45, 7) is 6.22. The Bertz CT molecular complexity index is 665. The molecule has 3 amide bonds. The first-order valence-corrected chi connectivity index (χ1v) is 11.5. The van der Waals surface area contributed by atoms with E-state index in [0.717, 1.165) is 53.2 Å². The van der Waals surface area contributed by atoms with Gasteiger partial charge in [0.25, 0.3) is 0 Å². The molecule has 1 aromatic rings. The third kappa shape index (κ3) is 9.07. The molecular weight excluding hydrogens is 432 g/mol. The fourth-order valence-electron chi connectivity index (χ4n) is 3.11. The molecule has 0 radical (unpaired) electrons. The molecule has 0 fully saturated rings. The lowest BCUT2D eigenvalue weighted by molar-refractivity contribution is 0.200. The van der Waals surface area contributed by atoms with E-state index < -0.39 is 18.3 Å². The molecule has 0 unspecified atom stereocenters. The minimum atomic E-state index is -1.31. The number of anilines is 3. The maximum Gasteiger partial charge on any atom is 0.414 e. The van der Waals surface area contributed by atoms with Crippen LogP contribution in [0.15, 0.2) is 0 Å². The van der Waals surface area contributed by atoms with Gasteiger partial charge < -0.3 is 15.3 Å². The maximum atomic E-state index is 11.9. The molecule has 33 heavy (non-hydrogen) atoms. The molecule has 12 nitrogen and oxygen atoms in total. The van der Waals surface area contributed by atoms with Gasteiger partial charge in [-0.05, 0) is 19.3 Å². The van der Waals surface area contributed by atoms with E-state index in [9.17, 15) is 29.7 Å². The SMILES string of the molecule is CCCCCN(C(=O)O)c1nc(N(CCCCC)C(=O)O)nc(N(CCCCC)C(=O)O)n1. The summed E-state index contributed by atoms with van der Waals surface area (Å²) in [5.74, 6) is -0.869. The van der Waals surface area contributed by atoms with Crippen molar-refractivity contribution in [3.63, 3.8) is 0 Å². The normalized spacial score (nSPS) is 10.6. The van der Waals surface area contributed by atoms with E-state index in [-0.39, 0.29) is 37.5 Å². The van der Waals surface area contributed by atoms with E-state index in [4.69, 9.17) is 0 Å². The zero-order valence-corrected chi connectivity index (χ0v) is 19.7. The Morgan fingerprint density at radius 3 is 0.970 bits per heavy atom. The van der Waals surface area contributed by atoms with E-state index in [2.05, 4.69) is 15.0 Å². The smallest absolute Gasteiger partial charge is 0.414 e. The number of hydrogen-bond donors (Lipinski definition) is 3. The number of unbranched alkanes of at least 4 members (excludes halogenated alkanes) is 6. The molecule has 0 aliphatic rings. The van der Waals surface area contributed by atoms with Crippen LogP contribution in [-0.2, 0) is 0 Å². The second kappa shape index (κ2) is 14.8. The van der Waals surface area contributed by atoms with E-state index in [0.29, 0.717) is 19.3 Å². The molecular formula is C21H36N6O6.